The van der Waals surface area contributed by atoms with E-state index in [1.54, 1.807) is 48.7 Å². The van der Waals surface area contributed by atoms with E-state index < -0.39 is 9.84 Å². The van der Waals surface area contributed by atoms with Crippen molar-refractivity contribution in [2.45, 2.75) is 42.8 Å². The molecule has 1 aliphatic carbocycles. The van der Waals surface area contributed by atoms with Crippen LogP contribution in [0.1, 0.15) is 48.0 Å². The minimum atomic E-state index is -3.58. The lowest BCUT2D eigenvalue weighted by Gasteiger charge is -2.37. The van der Waals surface area contributed by atoms with Crippen LogP contribution in [0.25, 0.3) is 10.9 Å². The molecule has 1 saturated carbocycles. The van der Waals surface area contributed by atoms with E-state index in [2.05, 4.69) is 9.88 Å². The lowest BCUT2D eigenvalue weighted by atomic mass is 9.89. The molecular weight excluding hydrogens is 458 g/mol. The molecule has 6 nitrogen and oxygen atoms in total. The van der Waals surface area contributed by atoms with Crippen LogP contribution < -0.4 is 0 Å². The first-order valence-electron chi connectivity index (χ1n) is 12.7. The Hall–Kier alpha value is -2.77. The summed E-state index contributed by atoms with van der Waals surface area (Å²) >= 11 is 0. The molecule has 3 aromatic rings. The van der Waals surface area contributed by atoms with E-state index in [0.717, 1.165) is 44.0 Å². The van der Waals surface area contributed by atoms with Crippen molar-refractivity contribution in [2.75, 3.05) is 32.7 Å². The Labute approximate surface area is 207 Å². The van der Waals surface area contributed by atoms with E-state index in [9.17, 15) is 13.2 Å². The van der Waals surface area contributed by atoms with Crippen molar-refractivity contribution in [3.05, 3.63) is 71.9 Å². The highest BCUT2D eigenvalue weighted by molar-refractivity contribution is 7.90. The van der Waals surface area contributed by atoms with Gasteiger partial charge >= 0.3 is 0 Å². The standard InChI is InChI=1S/C28H33N3O3S/c32-28(31-18-16-30(17-19-31)20-22-6-2-1-3-7-22)25-13-11-23(12-14-25)21-35(33,34)26-10-4-8-24-9-5-15-29-27(24)26/h4-5,8-15,22H,1-3,6-7,16-21H2. The van der Waals surface area contributed by atoms with Gasteiger partial charge < -0.3 is 4.90 Å². The summed E-state index contributed by atoms with van der Waals surface area (Å²) in [6, 6.07) is 15.9. The Kier molecular flexibility index (Phi) is 7.16. The van der Waals surface area contributed by atoms with Crippen molar-refractivity contribution < 1.29 is 13.2 Å². The van der Waals surface area contributed by atoms with Crippen LogP contribution in [0.3, 0.4) is 0 Å². The highest BCUT2D eigenvalue weighted by atomic mass is 32.2. The Morgan fingerprint density at radius 3 is 2.34 bits per heavy atom. The Balaban J connectivity index is 1.20. The van der Waals surface area contributed by atoms with Gasteiger partial charge in [-0.3, -0.25) is 14.7 Å². The Morgan fingerprint density at radius 1 is 0.886 bits per heavy atom. The first-order valence-corrected chi connectivity index (χ1v) is 14.3. The summed E-state index contributed by atoms with van der Waals surface area (Å²) in [5, 5.41) is 0.799. The van der Waals surface area contributed by atoms with Crippen molar-refractivity contribution in [3.63, 3.8) is 0 Å². The molecule has 0 N–H and O–H groups in total. The van der Waals surface area contributed by atoms with Crippen molar-refractivity contribution in [2.24, 2.45) is 5.92 Å². The minimum absolute atomic E-state index is 0.0231. The number of hydrogen-bond acceptors (Lipinski definition) is 5. The number of hydrogen-bond donors (Lipinski definition) is 0. The predicted octanol–water partition coefficient (Wildman–Crippen LogP) is 4.55. The normalized spacial score (nSPS) is 18.1. The molecule has 0 radical (unpaired) electrons. The van der Waals surface area contributed by atoms with Gasteiger partial charge in [-0.05, 0) is 48.6 Å². The van der Waals surface area contributed by atoms with Crippen LogP contribution in [0, 0.1) is 5.92 Å². The third kappa shape index (κ3) is 5.57. The lowest BCUT2D eigenvalue weighted by molar-refractivity contribution is 0.0606. The van der Waals surface area contributed by atoms with E-state index in [1.807, 2.05) is 17.0 Å². The molecule has 0 unspecified atom stereocenters. The molecule has 184 valence electrons. The van der Waals surface area contributed by atoms with E-state index >= 15 is 0 Å². The number of para-hydroxylation sites is 1. The third-order valence-corrected chi connectivity index (χ3v) is 9.10. The van der Waals surface area contributed by atoms with Crippen LogP contribution in [-0.2, 0) is 15.6 Å². The second-order valence-corrected chi connectivity index (χ2v) is 11.8. The van der Waals surface area contributed by atoms with Crippen LogP contribution in [0.4, 0.5) is 0 Å². The largest absolute Gasteiger partial charge is 0.336 e. The monoisotopic (exact) mass is 491 g/mol. The maximum atomic E-state index is 13.1. The SMILES string of the molecule is O=C(c1ccc(CS(=O)(=O)c2cccc3cccnc23)cc1)N1CCN(CC2CCCCC2)CC1. The van der Waals surface area contributed by atoms with Crippen molar-refractivity contribution >= 4 is 26.6 Å². The molecule has 1 saturated heterocycles. The maximum absolute atomic E-state index is 13.1. The highest BCUT2D eigenvalue weighted by Crippen LogP contribution is 2.26. The van der Waals surface area contributed by atoms with Gasteiger partial charge in [0.05, 0.1) is 16.2 Å². The molecule has 2 fully saturated rings. The quantitative estimate of drug-likeness (QED) is 0.506. The summed E-state index contributed by atoms with van der Waals surface area (Å²) < 4.78 is 26.3. The summed E-state index contributed by atoms with van der Waals surface area (Å²) in [6.07, 6.45) is 8.40. The number of rotatable bonds is 6. The summed E-state index contributed by atoms with van der Waals surface area (Å²) in [4.78, 5) is 22.0. The molecule has 2 heterocycles. The zero-order valence-corrected chi connectivity index (χ0v) is 20.9. The zero-order chi connectivity index (χ0) is 24.3. The lowest BCUT2D eigenvalue weighted by Crippen LogP contribution is -2.49. The Morgan fingerprint density at radius 2 is 1.60 bits per heavy atom. The molecule has 1 aromatic heterocycles. The highest BCUT2D eigenvalue weighted by Gasteiger charge is 2.25. The number of aromatic nitrogens is 1. The fourth-order valence-corrected chi connectivity index (χ4v) is 6.96. The van der Waals surface area contributed by atoms with Gasteiger partial charge in [0.25, 0.3) is 5.91 Å². The van der Waals surface area contributed by atoms with E-state index in [1.165, 1.54) is 32.1 Å². The number of sulfone groups is 1. The molecule has 35 heavy (non-hydrogen) atoms. The third-order valence-electron chi connectivity index (χ3n) is 7.39. The van der Waals surface area contributed by atoms with E-state index in [4.69, 9.17) is 0 Å². The molecule has 1 amide bonds. The van der Waals surface area contributed by atoms with Gasteiger partial charge in [0.1, 0.15) is 0 Å². The van der Waals surface area contributed by atoms with Gasteiger partial charge in [0, 0.05) is 49.9 Å². The maximum Gasteiger partial charge on any atom is 0.253 e. The first kappa shape index (κ1) is 23.9. The molecule has 0 atom stereocenters. The number of piperazine rings is 1. The number of carbonyl (C=O) groups excluding carboxylic acids is 1. The summed E-state index contributed by atoms with van der Waals surface area (Å²) in [6.45, 7) is 4.51. The average molecular weight is 492 g/mol. The van der Waals surface area contributed by atoms with Gasteiger partial charge in [0.2, 0.25) is 0 Å². The van der Waals surface area contributed by atoms with E-state index in [0.29, 0.717) is 16.6 Å². The number of pyridine rings is 1. The fourth-order valence-electron chi connectivity index (χ4n) is 5.42. The van der Waals surface area contributed by atoms with Gasteiger partial charge in [0.15, 0.2) is 9.84 Å². The number of nitrogens with zero attached hydrogens (tertiary/aromatic N) is 3. The average Bonchev–Trinajstić information content (AvgIpc) is 2.89. The minimum Gasteiger partial charge on any atom is -0.336 e. The topological polar surface area (TPSA) is 70.6 Å². The second-order valence-electron chi connectivity index (χ2n) is 9.88. The smallest absolute Gasteiger partial charge is 0.253 e. The zero-order valence-electron chi connectivity index (χ0n) is 20.1. The van der Waals surface area contributed by atoms with Crippen LogP contribution in [0.15, 0.2) is 65.7 Å². The predicted molar refractivity (Wildman–Crippen MR) is 138 cm³/mol. The number of benzene rings is 2. The fraction of sp³-hybridized carbons (Fsp3) is 0.429. The van der Waals surface area contributed by atoms with Crippen LogP contribution in [-0.4, -0.2) is 61.8 Å². The van der Waals surface area contributed by atoms with Gasteiger partial charge in [-0.25, -0.2) is 8.42 Å². The summed E-state index contributed by atoms with van der Waals surface area (Å²) in [5.74, 6) is 0.714. The van der Waals surface area contributed by atoms with Gasteiger partial charge in [-0.1, -0.05) is 49.6 Å². The molecule has 2 aliphatic rings. The van der Waals surface area contributed by atoms with Gasteiger partial charge in [-0.2, -0.15) is 0 Å². The first-order chi connectivity index (χ1) is 17.0. The molecule has 5 rings (SSSR count). The summed E-state index contributed by atoms with van der Waals surface area (Å²) in [5.41, 5.74) is 1.76. The van der Waals surface area contributed by atoms with Crippen LogP contribution >= 0.6 is 0 Å². The van der Waals surface area contributed by atoms with Crippen LogP contribution in [0.5, 0.6) is 0 Å². The van der Waals surface area contributed by atoms with Crippen molar-refractivity contribution in [3.8, 4) is 0 Å². The van der Waals surface area contributed by atoms with Crippen molar-refractivity contribution in [1.82, 2.24) is 14.8 Å². The molecule has 1 aliphatic heterocycles. The second kappa shape index (κ2) is 10.5. The molecule has 7 heteroatoms. The number of amides is 1. The van der Waals surface area contributed by atoms with Crippen molar-refractivity contribution in [1.29, 1.82) is 0 Å². The number of carbonyl (C=O) groups is 1. The van der Waals surface area contributed by atoms with Crippen LogP contribution in [0.2, 0.25) is 0 Å². The van der Waals surface area contributed by atoms with E-state index in [-0.39, 0.29) is 16.6 Å². The molecule has 0 spiro atoms. The van der Waals surface area contributed by atoms with Gasteiger partial charge in [-0.15, -0.1) is 0 Å². The summed E-state index contributed by atoms with van der Waals surface area (Å²) in [7, 11) is -3.58. The number of fused-ring (bicyclic) bond motifs is 1. The molecule has 0 bridgehead atoms. The molecular formula is C28H33N3O3S. The molecule has 2 aromatic carbocycles. The Bertz CT molecular complexity index is 1270.